The zero-order chi connectivity index (χ0) is 14.4. The first kappa shape index (κ1) is 15.2. The molecule has 0 amide bonds. The van der Waals surface area contributed by atoms with Gasteiger partial charge in [-0.2, -0.15) is 0 Å². The molecule has 1 N–H and O–H groups in total. The van der Waals surface area contributed by atoms with E-state index in [1.54, 1.807) is 0 Å². The first-order valence-electron chi connectivity index (χ1n) is 6.60. The number of ether oxygens (including phenoxy) is 1. The van der Waals surface area contributed by atoms with E-state index in [1.807, 2.05) is 25.1 Å². The summed E-state index contributed by atoms with van der Waals surface area (Å²) in [6.07, 6.45) is 0.955. The summed E-state index contributed by atoms with van der Waals surface area (Å²) in [5.74, 6) is 0.810. The molecule has 0 radical (unpaired) electrons. The van der Waals surface area contributed by atoms with Gasteiger partial charge in [-0.05, 0) is 47.0 Å². The molecule has 2 nitrogen and oxygen atoms in total. The van der Waals surface area contributed by atoms with E-state index < -0.39 is 0 Å². The maximum atomic E-state index is 6.09. The minimum Gasteiger partial charge on any atom is -0.491 e. The van der Waals surface area contributed by atoms with Gasteiger partial charge in [-0.3, -0.25) is 0 Å². The first-order chi connectivity index (χ1) is 9.70. The van der Waals surface area contributed by atoms with Crippen LogP contribution in [0.2, 0.25) is 5.02 Å². The number of hydrogen-bond donors (Lipinski definition) is 1. The fourth-order valence-corrected chi connectivity index (χ4v) is 2.89. The van der Waals surface area contributed by atoms with Gasteiger partial charge in [-0.1, -0.05) is 41.9 Å². The zero-order valence-electron chi connectivity index (χ0n) is 11.3. The molecule has 0 saturated carbocycles. The van der Waals surface area contributed by atoms with Crippen molar-refractivity contribution in [3.63, 3.8) is 0 Å². The zero-order valence-corrected chi connectivity index (χ0v) is 13.7. The Bertz CT molecular complexity index is 560. The summed E-state index contributed by atoms with van der Waals surface area (Å²) >= 11 is 9.58. The lowest BCUT2D eigenvalue weighted by molar-refractivity contribution is 0.339. The van der Waals surface area contributed by atoms with E-state index in [1.165, 1.54) is 5.56 Å². The van der Waals surface area contributed by atoms with E-state index in [2.05, 4.69) is 45.5 Å². The highest BCUT2D eigenvalue weighted by Crippen LogP contribution is 2.36. The molecular formula is C16H17BrClNO. The van der Waals surface area contributed by atoms with Gasteiger partial charge in [-0.15, -0.1) is 0 Å². The molecule has 0 aliphatic heterocycles. The van der Waals surface area contributed by atoms with Crippen molar-refractivity contribution >= 4 is 33.2 Å². The van der Waals surface area contributed by atoms with E-state index in [0.29, 0.717) is 11.6 Å². The molecule has 0 atom stereocenters. The van der Waals surface area contributed by atoms with E-state index in [-0.39, 0.29) is 0 Å². The smallest absolute Gasteiger partial charge is 0.156 e. The van der Waals surface area contributed by atoms with Crippen molar-refractivity contribution in [2.75, 3.05) is 18.5 Å². The summed E-state index contributed by atoms with van der Waals surface area (Å²) in [4.78, 5) is 0. The number of benzene rings is 2. The molecule has 2 aromatic carbocycles. The molecule has 0 unspecified atom stereocenters. The molecule has 0 aliphatic rings. The highest BCUT2D eigenvalue weighted by molar-refractivity contribution is 9.10. The van der Waals surface area contributed by atoms with Gasteiger partial charge < -0.3 is 10.1 Å². The topological polar surface area (TPSA) is 21.3 Å². The predicted molar refractivity (Wildman–Crippen MR) is 89.0 cm³/mol. The van der Waals surface area contributed by atoms with Crippen molar-refractivity contribution in [1.29, 1.82) is 0 Å². The molecule has 2 aromatic rings. The first-order valence-corrected chi connectivity index (χ1v) is 7.77. The Morgan fingerprint density at radius 1 is 1.20 bits per heavy atom. The van der Waals surface area contributed by atoms with Crippen LogP contribution in [0.15, 0.2) is 46.9 Å². The van der Waals surface area contributed by atoms with Gasteiger partial charge in [0.15, 0.2) is 5.75 Å². The Balaban J connectivity index is 2.05. The quantitative estimate of drug-likeness (QED) is 0.774. The Kier molecular flexibility index (Phi) is 5.74. The minimum absolute atomic E-state index is 0.619. The summed E-state index contributed by atoms with van der Waals surface area (Å²) in [7, 11) is 0. The third kappa shape index (κ3) is 4.15. The summed E-state index contributed by atoms with van der Waals surface area (Å²) < 4.78 is 6.53. The van der Waals surface area contributed by atoms with Crippen LogP contribution in [0, 0.1) is 0 Å². The van der Waals surface area contributed by atoms with Gasteiger partial charge >= 0.3 is 0 Å². The van der Waals surface area contributed by atoms with Crippen LogP contribution >= 0.6 is 27.5 Å². The maximum absolute atomic E-state index is 6.09. The highest BCUT2D eigenvalue weighted by atomic mass is 79.9. The van der Waals surface area contributed by atoms with Gasteiger partial charge in [-0.25, -0.2) is 0 Å². The average Bonchev–Trinajstić information content (AvgIpc) is 2.43. The summed E-state index contributed by atoms with van der Waals surface area (Å²) in [6.45, 7) is 3.42. The van der Waals surface area contributed by atoms with Gasteiger partial charge in [0.25, 0.3) is 0 Å². The molecule has 2 rings (SSSR count). The molecule has 0 bridgehead atoms. The van der Waals surface area contributed by atoms with Crippen molar-refractivity contribution in [2.24, 2.45) is 0 Å². The Hall–Kier alpha value is -1.19. The van der Waals surface area contributed by atoms with E-state index in [4.69, 9.17) is 16.3 Å². The standard InChI is InChI=1S/C16H17BrClNO/c1-2-20-16-14(17)10-13(18)11-15(16)19-9-8-12-6-4-3-5-7-12/h3-7,10-11,19H,2,8-9H2,1H3. The predicted octanol–water partition coefficient (Wildman–Crippen LogP) is 5.16. The summed E-state index contributed by atoms with van der Waals surface area (Å²) in [6, 6.07) is 14.1. The van der Waals surface area contributed by atoms with Crippen LogP contribution in [0.5, 0.6) is 5.75 Å². The van der Waals surface area contributed by atoms with Crippen molar-refractivity contribution in [2.45, 2.75) is 13.3 Å². The Morgan fingerprint density at radius 3 is 2.65 bits per heavy atom. The lowest BCUT2D eigenvalue weighted by Gasteiger charge is -2.14. The summed E-state index contributed by atoms with van der Waals surface area (Å²) in [5.41, 5.74) is 2.22. The van der Waals surface area contributed by atoms with Crippen molar-refractivity contribution in [3.8, 4) is 5.75 Å². The lowest BCUT2D eigenvalue weighted by atomic mass is 10.1. The largest absolute Gasteiger partial charge is 0.491 e. The lowest BCUT2D eigenvalue weighted by Crippen LogP contribution is -2.07. The molecule has 0 spiro atoms. The van der Waals surface area contributed by atoms with Crippen LogP contribution in [0.4, 0.5) is 5.69 Å². The van der Waals surface area contributed by atoms with Crippen LogP contribution in [0.1, 0.15) is 12.5 Å². The Labute approximate surface area is 133 Å². The van der Waals surface area contributed by atoms with Crippen LogP contribution in [-0.2, 0) is 6.42 Å². The highest BCUT2D eigenvalue weighted by Gasteiger charge is 2.09. The van der Waals surface area contributed by atoms with E-state index in [0.717, 1.165) is 28.9 Å². The van der Waals surface area contributed by atoms with Gasteiger partial charge in [0.05, 0.1) is 16.8 Å². The SMILES string of the molecule is CCOc1c(Br)cc(Cl)cc1NCCc1ccccc1. The fraction of sp³-hybridized carbons (Fsp3) is 0.250. The van der Waals surface area contributed by atoms with Crippen LogP contribution < -0.4 is 10.1 Å². The number of nitrogens with one attached hydrogen (secondary N) is 1. The second-order valence-corrected chi connectivity index (χ2v) is 5.65. The van der Waals surface area contributed by atoms with Crippen molar-refractivity contribution in [1.82, 2.24) is 0 Å². The van der Waals surface area contributed by atoms with Crippen molar-refractivity contribution < 1.29 is 4.74 Å². The van der Waals surface area contributed by atoms with Crippen LogP contribution in [0.25, 0.3) is 0 Å². The van der Waals surface area contributed by atoms with Crippen molar-refractivity contribution in [3.05, 3.63) is 57.5 Å². The summed E-state index contributed by atoms with van der Waals surface area (Å²) in [5, 5.41) is 4.07. The number of anilines is 1. The van der Waals surface area contributed by atoms with Gasteiger partial charge in [0.1, 0.15) is 0 Å². The monoisotopic (exact) mass is 353 g/mol. The Morgan fingerprint density at radius 2 is 1.95 bits per heavy atom. The van der Waals surface area contributed by atoms with E-state index in [9.17, 15) is 0 Å². The molecular weight excluding hydrogens is 338 g/mol. The third-order valence-corrected chi connectivity index (χ3v) is 3.68. The number of hydrogen-bond acceptors (Lipinski definition) is 2. The third-order valence-electron chi connectivity index (χ3n) is 2.87. The normalized spacial score (nSPS) is 10.3. The maximum Gasteiger partial charge on any atom is 0.156 e. The molecule has 20 heavy (non-hydrogen) atoms. The average molecular weight is 355 g/mol. The molecule has 0 aliphatic carbocycles. The van der Waals surface area contributed by atoms with Gasteiger partial charge in [0.2, 0.25) is 0 Å². The van der Waals surface area contributed by atoms with E-state index >= 15 is 0 Å². The van der Waals surface area contributed by atoms with Crippen LogP contribution in [-0.4, -0.2) is 13.2 Å². The second-order valence-electron chi connectivity index (χ2n) is 4.36. The van der Waals surface area contributed by atoms with Crippen LogP contribution in [0.3, 0.4) is 0 Å². The minimum atomic E-state index is 0.619. The molecule has 0 heterocycles. The molecule has 4 heteroatoms. The molecule has 106 valence electrons. The number of halogens is 2. The molecule has 0 aromatic heterocycles. The fourth-order valence-electron chi connectivity index (χ4n) is 1.97. The molecule has 0 saturated heterocycles. The number of rotatable bonds is 6. The molecule has 0 fully saturated rings. The second kappa shape index (κ2) is 7.55. The van der Waals surface area contributed by atoms with Gasteiger partial charge in [0, 0.05) is 11.6 Å².